The van der Waals surface area contributed by atoms with Crippen molar-refractivity contribution in [2.24, 2.45) is 0 Å². The molecule has 1 aliphatic heterocycles. The minimum atomic E-state index is 0.815. The highest BCUT2D eigenvalue weighted by atomic mass is 32.1. The monoisotopic (exact) mass is 795 g/mol. The Labute approximate surface area is 358 Å². The lowest BCUT2D eigenvalue weighted by atomic mass is 9.86. The molecule has 12 rings (SSSR count). The Hall–Kier alpha value is -7.72. The first kappa shape index (κ1) is 35.2. The molecule has 0 amide bonds. The van der Waals surface area contributed by atoms with Crippen molar-refractivity contribution in [3.05, 3.63) is 224 Å². The molecule has 2 heterocycles. The van der Waals surface area contributed by atoms with Gasteiger partial charge in [0.2, 0.25) is 0 Å². The number of hydrogen-bond donors (Lipinski definition) is 0. The molecule has 0 aliphatic carbocycles. The summed E-state index contributed by atoms with van der Waals surface area (Å²) in [4.78, 5) is 2.40. The Kier molecular flexibility index (Phi) is 8.39. The molecule has 0 bridgehead atoms. The Morgan fingerprint density at radius 3 is 1.67 bits per heavy atom. The molecule has 61 heavy (non-hydrogen) atoms. The fraction of sp³-hybridized carbons (Fsp3) is 0. The second-order valence-corrected chi connectivity index (χ2v) is 16.7. The molecule has 0 saturated carbocycles. The van der Waals surface area contributed by atoms with Crippen LogP contribution in [-0.2, 0) is 0 Å². The van der Waals surface area contributed by atoms with Gasteiger partial charge >= 0.3 is 0 Å². The van der Waals surface area contributed by atoms with Gasteiger partial charge in [-0.3, -0.25) is 0 Å². The topological polar surface area (TPSA) is 12.5 Å². The first-order valence-corrected chi connectivity index (χ1v) is 21.6. The number of fused-ring (bicyclic) bond motifs is 9. The van der Waals surface area contributed by atoms with Crippen molar-refractivity contribution in [2.75, 3.05) is 4.90 Å². The lowest BCUT2D eigenvalue weighted by molar-refractivity contribution is 0.488. The van der Waals surface area contributed by atoms with E-state index in [4.69, 9.17) is 4.74 Å². The molecular weight excluding hydrogens is 759 g/mol. The molecule has 0 atom stereocenters. The van der Waals surface area contributed by atoms with Gasteiger partial charge in [0, 0.05) is 48.2 Å². The van der Waals surface area contributed by atoms with Gasteiger partial charge in [0.05, 0.1) is 5.69 Å². The molecule has 3 heteroatoms. The Bertz CT molecular complexity index is 3420. The molecule has 2 nitrogen and oxygen atoms in total. The van der Waals surface area contributed by atoms with E-state index in [-0.39, 0.29) is 0 Å². The Morgan fingerprint density at radius 2 is 0.902 bits per heavy atom. The van der Waals surface area contributed by atoms with Crippen molar-refractivity contribution < 1.29 is 4.74 Å². The van der Waals surface area contributed by atoms with E-state index in [0.29, 0.717) is 0 Å². The molecule has 0 unspecified atom stereocenters. The predicted molar refractivity (Wildman–Crippen MR) is 259 cm³/mol. The summed E-state index contributed by atoms with van der Waals surface area (Å²) in [6.45, 7) is 0. The average Bonchev–Trinajstić information content (AvgIpc) is 3.65. The molecule has 10 aromatic carbocycles. The van der Waals surface area contributed by atoms with Crippen molar-refractivity contribution in [1.82, 2.24) is 0 Å². The van der Waals surface area contributed by atoms with Crippen LogP contribution >= 0.6 is 11.3 Å². The van der Waals surface area contributed by atoms with Crippen molar-refractivity contribution in [1.29, 1.82) is 0 Å². The van der Waals surface area contributed by atoms with E-state index in [1.165, 1.54) is 47.8 Å². The van der Waals surface area contributed by atoms with Crippen LogP contribution in [0.1, 0.15) is 0 Å². The van der Waals surface area contributed by atoms with Crippen LogP contribution in [0.4, 0.5) is 17.1 Å². The van der Waals surface area contributed by atoms with Gasteiger partial charge in [-0.05, 0) is 104 Å². The maximum absolute atomic E-state index is 7.14. The lowest BCUT2D eigenvalue weighted by Gasteiger charge is -2.29. The molecule has 0 N–H and O–H groups in total. The van der Waals surface area contributed by atoms with Gasteiger partial charge in [-0.25, -0.2) is 0 Å². The van der Waals surface area contributed by atoms with Crippen LogP contribution < -0.4 is 9.64 Å². The summed E-state index contributed by atoms with van der Waals surface area (Å²) >= 11 is 1.87. The van der Waals surface area contributed by atoms with Gasteiger partial charge < -0.3 is 9.64 Å². The van der Waals surface area contributed by atoms with Gasteiger partial charge in [0.15, 0.2) is 0 Å². The molecule has 1 aliphatic rings. The third-order valence-corrected chi connectivity index (χ3v) is 13.3. The van der Waals surface area contributed by atoms with E-state index in [1.54, 1.807) is 0 Å². The highest BCUT2D eigenvalue weighted by molar-refractivity contribution is 7.26. The number of hydrogen-bond acceptors (Lipinski definition) is 3. The van der Waals surface area contributed by atoms with E-state index < -0.39 is 0 Å². The fourth-order valence-corrected chi connectivity index (χ4v) is 10.4. The van der Waals surface area contributed by atoms with E-state index in [2.05, 4.69) is 229 Å². The zero-order valence-corrected chi connectivity index (χ0v) is 33.9. The van der Waals surface area contributed by atoms with Gasteiger partial charge in [0.25, 0.3) is 0 Å². The summed E-state index contributed by atoms with van der Waals surface area (Å²) in [5.41, 5.74) is 14.7. The van der Waals surface area contributed by atoms with Crippen LogP contribution in [0.25, 0.3) is 86.6 Å². The molecule has 1 aromatic heterocycles. The third kappa shape index (κ3) is 6.01. The molecule has 0 spiro atoms. The second-order valence-electron chi connectivity index (χ2n) is 15.6. The van der Waals surface area contributed by atoms with Gasteiger partial charge in [-0.15, -0.1) is 11.3 Å². The molecule has 0 radical (unpaired) electrons. The van der Waals surface area contributed by atoms with E-state index in [9.17, 15) is 0 Å². The van der Waals surface area contributed by atoms with Gasteiger partial charge in [-0.1, -0.05) is 170 Å². The number of thiophene rings is 1. The largest absolute Gasteiger partial charge is 0.456 e. The standard InChI is InChI=1S/C58H37NOS/c1-3-14-38(15-4-1)39-28-32-44(33-29-39)59(45-34-30-41(31-35-45)47-22-12-24-50-48-20-9-10-27-55(48)61-58(47)50)52-25-13-26-53-57(52)56-46(40-16-5-2-6-17-40)21-11-23-49(56)51-36-42-18-7-8-19-43(42)37-54(51)60-53/h1-37H. The molecule has 0 fully saturated rings. The van der Waals surface area contributed by atoms with E-state index >= 15 is 0 Å². The second kappa shape index (κ2) is 14.5. The van der Waals surface area contributed by atoms with Crippen LogP contribution in [0.15, 0.2) is 224 Å². The average molecular weight is 796 g/mol. The molecule has 286 valence electrons. The highest BCUT2D eigenvalue weighted by Gasteiger charge is 2.29. The zero-order chi connectivity index (χ0) is 40.3. The zero-order valence-electron chi connectivity index (χ0n) is 33.1. The normalized spacial score (nSPS) is 11.7. The first-order valence-electron chi connectivity index (χ1n) is 20.7. The lowest BCUT2D eigenvalue weighted by Crippen LogP contribution is -2.12. The van der Waals surface area contributed by atoms with Crippen molar-refractivity contribution in [2.45, 2.75) is 0 Å². The van der Waals surface area contributed by atoms with Crippen molar-refractivity contribution in [3.8, 4) is 67.1 Å². The highest BCUT2D eigenvalue weighted by Crippen LogP contribution is 2.56. The minimum absolute atomic E-state index is 0.815. The van der Waals surface area contributed by atoms with Crippen molar-refractivity contribution >= 4 is 59.3 Å². The summed E-state index contributed by atoms with van der Waals surface area (Å²) in [5, 5.41) is 4.94. The smallest absolute Gasteiger partial charge is 0.137 e. The first-order chi connectivity index (χ1) is 30.2. The predicted octanol–water partition coefficient (Wildman–Crippen LogP) is 17.1. The number of nitrogens with zero attached hydrogens (tertiary/aromatic N) is 1. The number of rotatable bonds is 6. The van der Waals surface area contributed by atoms with E-state index in [1.807, 2.05) is 11.3 Å². The van der Waals surface area contributed by atoms with Crippen LogP contribution in [0, 0.1) is 0 Å². The molecule has 11 aromatic rings. The quantitative estimate of drug-likeness (QED) is 0.166. The number of ether oxygens (including phenoxy) is 1. The molecule has 0 saturated heterocycles. The summed E-state index contributed by atoms with van der Waals surface area (Å²) < 4.78 is 9.76. The maximum atomic E-state index is 7.14. The summed E-state index contributed by atoms with van der Waals surface area (Å²) in [6, 6.07) is 81.0. The Balaban J connectivity index is 1.09. The number of anilines is 3. The minimum Gasteiger partial charge on any atom is -0.456 e. The Morgan fingerprint density at radius 1 is 0.344 bits per heavy atom. The molecular formula is C58H37NOS. The SMILES string of the molecule is c1ccc(-c2ccc(N(c3ccc(-c4cccc5c4sc4ccccc45)cc3)c3cccc4c3-c3c(-c5ccccc5)cccc3-c3cc5ccccc5cc3O4)cc2)cc1. The van der Waals surface area contributed by atoms with Gasteiger partial charge in [-0.2, -0.15) is 0 Å². The summed E-state index contributed by atoms with van der Waals surface area (Å²) in [5.74, 6) is 1.66. The van der Waals surface area contributed by atoms with Crippen LogP contribution in [-0.4, -0.2) is 0 Å². The van der Waals surface area contributed by atoms with Crippen LogP contribution in [0.5, 0.6) is 11.5 Å². The summed E-state index contributed by atoms with van der Waals surface area (Å²) in [7, 11) is 0. The third-order valence-electron chi connectivity index (χ3n) is 12.1. The number of benzene rings is 10. The summed E-state index contributed by atoms with van der Waals surface area (Å²) in [6.07, 6.45) is 0. The van der Waals surface area contributed by atoms with Crippen LogP contribution in [0.3, 0.4) is 0 Å². The maximum Gasteiger partial charge on any atom is 0.137 e. The van der Waals surface area contributed by atoms with E-state index in [0.717, 1.165) is 67.3 Å². The van der Waals surface area contributed by atoms with Crippen LogP contribution in [0.2, 0.25) is 0 Å². The fourth-order valence-electron chi connectivity index (χ4n) is 9.20. The van der Waals surface area contributed by atoms with Gasteiger partial charge in [0.1, 0.15) is 11.5 Å². The van der Waals surface area contributed by atoms with Crippen molar-refractivity contribution in [3.63, 3.8) is 0 Å².